The number of amides is 3. The van der Waals surface area contributed by atoms with Crippen molar-refractivity contribution < 1.29 is 32.7 Å². The molecular weight excluding hydrogens is 780 g/mol. The van der Waals surface area contributed by atoms with Crippen LogP contribution in [0.5, 0.6) is 5.75 Å². The Morgan fingerprint density at radius 1 is 0.900 bits per heavy atom. The number of nitrogens with zero attached hydrogens (tertiary/aromatic N) is 7. The molecule has 1 saturated carbocycles. The van der Waals surface area contributed by atoms with E-state index in [1.54, 1.807) is 11.6 Å². The number of carbonyl (C=O) groups is 3. The van der Waals surface area contributed by atoms with Gasteiger partial charge < -0.3 is 10.4 Å². The molecule has 14 nitrogen and oxygen atoms in total. The third-order valence-corrected chi connectivity index (χ3v) is 12.5. The third kappa shape index (κ3) is 7.35. The van der Waals surface area contributed by atoms with Crippen molar-refractivity contribution in [3.8, 4) is 16.9 Å². The van der Waals surface area contributed by atoms with Crippen LogP contribution in [0.1, 0.15) is 79.0 Å². The number of phenols is 1. The van der Waals surface area contributed by atoms with Crippen LogP contribution in [0.3, 0.4) is 0 Å². The molecule has 3 amide bonds. The minimum Gasteiger partial charge on any atom is -0.503 e. The van der Waals surface area contributed by atoms with Crippen LogP contribution < -0.4 is 16.3 Å². The van der Waals surface area contributed by atoms with Crippen molar-refractivity contribution in [2.24, 2.45) is 13.0 Å². The lowest BCUT2D eigenvalue weighted by atomic mass is 9.86. The Hall–Kier alpha value is -6.23. The van der Waals surface area contributed by atoms with E-state index in [0.717, 1.165) is 91.3 Å². The van der Waals surface area contributed by atoms with Crippen LogP contribution in [0.15, 0.2) is 65.8 Å². The van der Waals surface area contributed by atoms with E-state index >= 15 is 0 Å². The minimum atomic E-state index is -1.78. The van der Waals surface area contributed by atoms with E-state index in [-0.39, 0.29) is 42.6 Å². The Labute approximate surface area is 341 Å². The van der Waals surface area contributed by atoms with Crippen molar-refractivity contribution >= 4 is 39.7 Å². The van der Waals surface area contributed by atoms with E-state index in [9.17, 15) is 37.5 Å². The first-order valence-electron chi connectivity index (χ1n) is 20.4. The zero-order valence-electron chi connectivity index (χ0n) is 32.9. The van der Waals surface area contributed by atoms with Gasteiger partial charge in [-0.1, -0.05) is 18.2 Å². The molecule has 3 N–H and O–H groups in total. The fraction of sp³-hybridized carbons (Fsp3) is 0.395. The smallest absolute Gasteiger partial charge is 0.329 e. The number of carbonyl (C=O) groups excluding carboxylic acids is 3. The number of aryl methyl sites for hydroxylation is 2. The Balaban J connectivity index is 0.746. The number of imidazole rings is 1. The van der Waals surface area contributed by atoms with Gasteiger partial charge in [-0.05, 0) is 92.8 Å². The quantitative estimate of drug-likeness (QED) is 0.117. The van der Waals surface area contributed by atoms with Gasteiger partial charge in [0.15, 0.2) is 17.4 Å². The zero-order valence-corrected chi connectivity index (χ0v) is 32.9. The van der Waals surface area contributed by atoms with Crippen molar-refractivity contribution in [1.82, 2.24) is 44.2 Å². The molecule has 1 aliphatic carbocycles. The molecule has 60 heavy (non-hydrogen) atoms. The maximum Gasteiger partial charge on any atom is 0.329 e. The van der Waals surface area contributed by atoms with Crippen molar-refractivity contribution in [1.29, 1.82) is 0 Å². The summed E-state index contributed by atoms with van der Waals surface area (Å²) in [5.74, 6) is -7.78. The molecular formula is C43H44F3N9O5. The van der Waals surface area contributed by atoms with Crippen molar-refractivity contribution in [3.05, 3.63) is 100 Å². The van der Waals surface area contributed by atoms with Crippen LogP contribution >= 0.6 is 0 Å². The van der Waals surface area contributed by atoms with Gasteiger partial charge in [0.25, 0.3) is 5.91 Å². The summed E-state index contributed by atoms with van der Waals surface area (Å²) in [5, 5.41) is 24.8. The summed E-state index contributed by atoms with van der Waals surface area (Å²) in [6, 6.07) is 12.4. The Morgan fingerprint density at radius 2 is 1.70 bits per heavy atom. The number of halogens is 3. The fourth-order valence-corrected chi connectivity index (χ4v) is 8.98. The second-order valence-corrected chi connectivity index (χ2v) is 16.4. The van der Waals surface area contributed by atoms with Gasteiger partial charge in [-0.3, -0.25) is 43.1 Å². The van der Waals surface area contributed by atoms with Gasteiger partial charge >= 0.3 is 5.69 Å². The molecule has 2 saturated heterocycles. The second-order valence-electron chi connectivity index (χ2n) is 16.4. The Bertz CT molecular complexity index is 2720. The fourth-order valence-electron chi connectivity index (χ4n) is 8.98. The van der Waals surface area contributed by atoms with Crippen LogP contribution in [0, 0.1) is 23.4 Å². The number of nitrogens with one attached hydrogen (secondary N) is 2. The highest BCUT2D eigenvalue weighted by molar-refractivity contribution is 6.00. The van der Waals surface area contributed by atoms with Crippen LogP contribution in [0.2, 0.25) is 0 Å². The van der Waals surface area contributed by atoms with Crippen molar-refractivity contribution in [2.75, 3.05) is 26.2 Å². The summed E-state index contributed by atoms with van der Waals surface area (Å²) in [7, 11) is 1.71. The van der Waals surface area contributed by atoms with Gasteiger partial charge in [0, 0.05) is 56.4 Å². The monoisotopic (exact) mass is 823 g/mol. The second kappa shape index (κ2) is 15.7. The number of benzene rings is 3. The maximum atomic E-state index is 14.1. The summed E-state index contributed by atoms with van der Waals surface area (Å²) >= 11 is 0. The largest absolute Gasteiger partial charge is 0.503 e. The molecule has 1 atom stereocenters. The predicted octanol–water partition coefficient (Wildman–Crippen LogP) is 5.30. The number of aromatic hydroxyl groups is 1. The molecule has 3 fully saturated rings. The summed E-state index contributed by atoms with van der Waals surface area (Å²) in [5.41, 5.74) is 4.45. The topological polar surface area (TPSA) is 161 Å². The van der Waals surface area contributed by atoms with E-state index in [1.807, 2.05) is 33.8 Å². The van der Waals surface area contributed by atoms with E-state index in [1.165, 1.54) is 4.57 Å². The summed E-state index contributed by atoms with van der Waals surface area (Å²) in [4.78, 5) is 52.2. The van der Waals surface area contributed by atoms with Gasteiger partial charge in [0.05, 0.1) is 40.4 Å². The highest BCUT2D eigenvalue weighted by atomic mass is 19.2. The molecule has 5 heterocycles. The van der Waals surface area contributed by atoms with Gasteiger partial charge in [0.2, 0.25) is 17.6 Å². The van der Waals surface area contributed by atoms with Crippen molar-refractivity contribution in [2.45, 2.75) is 69.5 Å². The lowest BCUT2D eigenvalue weighted by Gasteiger charge is -2.39. The maximum absolute atomic E-state index is 14.1. The molecule has 3 aliphatic rings. The summed E-state index contributed by atoms with van der Waals surface area (Å²) < 4.78 is 48.7. The average Bonchev–Trinajstić information content (AvgIpc) is 3.95. The normalized spacial score (nSPS) is 20.2. The van der Waals surface area contributed by atoms with Crippen molar-refractivity contribution in [3.63, 3.8) is 0 Å². The number of rotatable bonds is 11. The number of hydrogen-bond acceptors (Lipinski definition) is 8. The SMILES string of the molecule is Cn1c(=O)n(C2CCC(=O)NC2=O)c2ccc(CCCN3CC(n4cc(-c5ccc6cn(C7CCC(CNC(=O)c8cc(F)c(O)c(F)c8F)CC7)nc6c5)cn4)C3)cc21. The molecule has 312 valence electrons. The molecule has 0 bridgehead atoms. The number of aromatic nitrogens is 6. The minimum absolute atomic E-state index is 0.117. The first-order chi connectivity index (χ1) is 28.9. The van der Waals surface area contributed by atoms with Crippen LogP contribution in [0.25, 0.3) is 33.1 Å². The van der Waals surface area contributed by atoms with Gasteiger partial charge in [-0.2, -0.15) is 14.6 Å². The van der Waals surface area contributed by atoms with Gasteiger partial charge in [0.1, 0.15) is 6.04 Å². The standard InChI is InChI=1S/C43H44F3N9O5/c1-51-36-15-24(6-11-34(36)55(43(51)60)35-12-13-37(56)49-42(35)59)3-2-14-52-22-30(23-52)53-21-28(19-48-53)26-7-8-27-20-54(50-33(27)16-26)29-9-4-25(5-10-29)18-47-41(58)31-17-32(44)40(57)39(46)38(31)45/h6-8,11,15-17,19-21,25,29-30,35,57H,2-5,9-10,12-14,18,22-23H2,1H3,(H,47,58)(H,49,56,59). The van der Waals surface area contributed by atoms with Crippen LogP contribution in [-0.2, 0) is 23.1 Å². The molecule has 3 aromatic heterocycles. The molecule has 6 aromatic rings. The number of fused-ring (bicyclic) bond motifs is 2. The van der Waals surface area contributed by atoms with E-state index in [2.05, 4.69) is 46.1 Å². The number of likely N-dealkylation sites (tertiary alicyclic amines) is 1. The zero-order chi connectivity index (χ0) is 41.8. The summed E-state index contributed by atoms with van der Waals surface area (Å²) in [6.45, 7) is 2.97. The Kier molecular flexibility index (Phi) is 10.3. The first-order valence-corrected chi connectivity index (χ1v) is 20.4. The highest BCUT2D eigenvalue weighted by Gasteiger charge is 2.32. The van der Waals surface area contributed by atoms with Gasteiger partial charge in [-0.15, -0.1) is 0 Å². The molecule has 2 aliphatic heterocycles. The van der Waals surface area contributed by atoms with E-state index in [4.69, 9.17) is 10.2 Å². The lowest BCUT2D eigenvalue weighted by Crippen LogP contribution is -2.48. The first kappa shape index (κ1) is 39.2. The molecule has 0 spiro atoms. The third-order valence-electron chi connectivity index (χ3n) is 12.5. The van der Waals surface area contributed by atoms with E-state index in [0.29, 0.717) is 18.0 Å². The molecule has 9 rings (SSSR count). The summed E-state index contributed by atoms with van der Waals surface area (Å²) in [6.07, 6.45) is 11.6. The van der Waals surface area contributed by atoms with E-state index < -0.39 is 46.6 Å². The average molecular weight is 824 g/mol. The highest BCUT2D eigenvalue weighted by Crippen LogP contribution is 2.34. The van der Waals surface area contributed by atoms with Crippen LogP contribution in [0.4, 0.5) is 13.2 Å². The molecule has 17 heteroatoms. The number of piperidine rings is 1. The molecule has 3 aromatic carbocycles. The number of imide groups is 1. The van der Waals surface area contributed by atoms with Gasteiger partial charge in [-0.25, -0.2) is 13.6 Å². The molecule has 0 radical (unpaired) electrons. The number of phenolic OH excluding ortho intramolecular Hbond substituents is 1. The van der Waals surface area contributed by atoms with Crippen LogP contribution in [-0.4, -0.2) is 82.6 Å². The number of hydrogen-bond donors (Lipinski definition) is 3. The predicted molar refractivity (Wildman–Crippen MR) is 215 cm³/mol. The molecule has 1 unspecified atom stereocenters. The lowest BCUT2D eigenvalue weighted by molar-refractivity contribution is -0.135. The Morgan fingerprint density at radius 3 is 2.48 bits per heavy atom.